The number of H-pyrrole nitrogens is 1. The van der Waals surface area contributed by atoms with Gasteiger partial charge in [0.2, 0.25) is 11.9 Å². The van der Waals surface area contributed by atoms with E-state index in [9.17, 15) is 9.18 Å². The Bertz CT molecular complexity index is 1250. The number of fused-ring (bicyclic) bond motifs is 2. The van der Waals surface area contributed by atoms with Crippen LogP contribution in [0, 0.1) is 5.82 Å². The van der Waals surface area contributed by atoms with Crippen molar-refractivity contribution in [2.45, 2.75) is 44.7 Å². The lowest BCUT2D eigenvalue weighted by Crippen LogP contribution is -2.59. The molecule has 1 saturated carbocycles. The van der Waals surface area contributed by atoms with Gasteiger partial charge in [-0.15, -0.1) is 0 Å². The number of nitrogens with one attached hydrogen (secondary N) is 3. The van der Waals surface area contributed by atoms with Crippen molar-refractivity contribution in [3.8, 4) is 11.1 Å². The van der Waals surface area contributed by atoms with Gasteiger partial charge >= 0.3 is 0 Å². The van der Waals surface area contributed by atoms with Crippen molar-refractivity contribution in [2.24, 2.45) is 0 Å². The summed E-state index contributed by atoms with van der Waals surface area (Å²) in [7, 11) is 0. The van der Waals surface area contributed by atoms with Crippen LogP contribution in [-0.4, -0.2) is 41.8 Å². The van der Waals surface area contributed by atoms with Gasteiger partial charge in [0.05, 0.1) is 0 Å². The number of carbonyl (C=O) groups is 1. The monoisotopic (exact) mass is 407 g/mol. The summed E-state index contributed by atoms with van der Waals surface area (Å²) in [6, 6.07) is 1.67. The van der Waals surface area contributed by atoms with Crippen LogP contribution in [0.5, 0.6) is 0 Å². The van der Waals surface area contributed by atoms with E-state index in [1.54, 1.807) is 29.2 Å². The van der Waals surface area contributed by atoms with Crippen LogP contribution in [0.4, 0.5) is 10.3 Å². The van der Waals surface area contributed by atoms with Crippen LogP contribution in [0.15, 0.2) is 37.1 Å². The van der Waals surface area contributed by atoms with Crippen LogP contribution in [0.2, 0.25) is 0 Å². The molecule has 0 spiro atoms. The summed E-state index contributed by atoms with van der Waals surface area (Å²) in [5.74, 6) is 0.216. The molecule has 0 aromatic carbocycles. The Morgan fingerprint density at radius 2 is 2.23 bits per heavy atom. The summed E-state index contributed by atoms with van der Waals surface area (Å²) in [5, 5.41) is 7.20. The maximum Gasteiger partial charge on any atom is 0.224 e. The highest BCUT2D eigenvalue weighted by atomic mass is 19.1. The molecule has 0 bridgehead atoms. The molecular formula is C21H22FN7O. The van der Waals surface area contributed by atoms with E-state index in [2.05, 4.69) is 37.5 Å². The Morgan fingerprint density at radius 1 is 1.40 bits per heavy atom. The molecule has 8 nitrogen and oxygen atoms in total. The van der Waals surface area contributed by atoms with Crippen molar-refractivity contribution in [2.75, 3.05) is 5.32 Å². The topological polar surface area (TPSA) is 100 Å². The predicted octanol–water partition coefficient (Wildman–Crippen LogP) is 3.27. The van der Waals surface area contributed by atoms with E-state index in [1.807, 2.05) is 13.1 Å². The Balaban J connectivity index is 1.35. The third-order valence-electron chi connectivity index (χ3n) is 5.68. The Hall–Kier alpha value is -3.49. The number of anilines is 1. The summed E-state index contributed by atoms with van der Waals surface area (Å²) in [5.41, 5.74) is 2.34. The van der Waals surface area contributed by atoms with Crippen molar-refractivity contribution in [1.82, 2.24) is 29.7 Å². The van der Waals surface area contributed by atoms with E-state index in [1.165, 1.54) is 6.07 Å². The molecule has 4 aromatic rings. The van der Waals surface area contributed by atoms with E-state index >= 15 is 0 Å². The molecular weight excluding hydrogens is 385 g/mol. The van der Waals surface area contributed by atoms with Crippen LogP contribution in [-0.2, 0) is 4.79 Å². The maximum atomic E-state index is 14.3. The number of halogens is 1. The van der Waals surface area contributed by atoms with Gasteiger partial charge in [-0.2, -0.15) is 4.98 Å². The molecule has 0 aliphatic heterocycles. The van der Waals surface area contributed by atoms with Crippen LogP contribution in [0.1, 0.15) is 33.1 Å². The van der Waals surface area contributed by atoms with Crippen LogP contribution >= 0.6 is 0 Å². The van der Waals surface area contributed by atoms with Gasteiger partial charge < -0.3 is 20.0 Å². The number of nitrogens with zero attached hydrogens (tertiary/aromatic N) is 4. The first-order valence-electron chi connectivity index (χ1n) is 9.98. The Morgan fingerprint density at radius 3 is 3.03 bits per heavy atom. The predicted molar refractivity (Wildman–Crippen MR) is 112 cm³/mol. The second-order valence-corrected chi connectivity index (χ2v) is 8.10. The normalized spacial score (nSPS) is 21.0. The summed E-state index contributed by atoms with van der Waals surface area (Å²) in [6.45, 7) is 3.90. The third-order valence-corrected chi connectivity index (χ3v) is 5.68. The molecule has 1 fully saturated rings. The molecule has 0 atom stereocenters. The smallest absolute Gasteiger partial charge is 0.224 e. The zero-order valence-corrected chi connectivity index (χ0v) is 16.7. The molecule has 4 heterocycles. The van der Waals surface area contributed by atoms with Gasteiger partial charge in [0.1, 0.15) is 5.65 Å². The summed E-state index contributed by atoms with van der Waals surface area (Å²) >= 11 is 0. The Labute approximate surface area is 171 Å². The molecule has 0 saturated heterocycles. The SMILES string of the molecule is CCC(=O)NC1(C)CC(Nc2ncc3c(-c4cc(F)c5nccn5c4)c[nH]c3n2)C1. The molecule has 5 rings (SSSR count). The molecule has 1 amide bonds. The van der Waals surface area contributed by atoms with Crippen LogP contribution < -0.4 is 10.6 Å². The molecule has 3 N–H and O–H groups in total. The average molecular weight is 407 g/mol. The average Bonchev–Trinajstić information content (AvgIpc) is 3.33. The number of pyridine rings is 1. The minimum atomic E-state index is -0.380. The summed E-state index contributed by atoms with van der Waals surface area (Å²) in [6.07, 6.45) is 10.8. The van der Waals surface area contributed by atoms with E-state index in [0.29, 0.717) is 23.7 Å². The zero-order chi connectivity index (χ0) is 20.9. The number of aromatic nitrogens is 5. The third kappa shape index (κ3) is 3.16. The van der Waals surface area contributed by atoms with Gasteiger partial charge in [0.15, 0.2) is 11.5 Å². The molecule has 0 unspecified atom stereocenters. The fourth-order valence-electron chi connectivity index (χ4n) is 4.19. The minimum Gasteiger partial charge on any atom is -0.351 e. The number of carbonyl (C=O) groups excluding carboxylic acids is 1. The van der Waals surface area contributed by atoms with Crippen molar-refractivity contribution >= 4 is 28.5 Å². The number of rotatable bonds is 5. The molecule has 4 aromatic heterocycles. The highest BCUT2D eigenvalue weighted by Crippen LogP contribution is 2.34. The maximum absolute atomic E-state index is 14.3. The van der Waals surface area contributed by atoms with E-state index in [0.717, 1.165) is 29.4 Å². The van der Waals surface area contributed by atoms with Gasteiger partial charge in [0, 0.05) is 65.5 Å². The molecule has 9 heteroatoms. The highest BCUT2D eigenvalue weighted by Gasteiger charge is 2.41. The van der Waals surface area contributed by atoms with Gasteiger partial charge in [-0.25, -0.2) is 14.4 Å². The largest absolute Gasteiger partial charge is 0.351 e. The van der Waals surface area contributed by atoms with Gasteiger partial charge in [-0.1, -0.05) is 6.92 Å². The molecule has 1 aliphatic carbocycles. The summed E-state index contributed by atoms with van der Waals surface area (Å²) in [4.78, 5) is 27.8. The van der Waals surface area contributed by atoms with E-state index in [-0.39, 0.29) is 23.3 Å². The second kappa shape index (κ2) is 6.79. The Kier molecular flexibility index (Phi) is 4.19. The fourth-order valence-corrected chi connectivity index (χ4v) is 4.19. The number of hydrogen-bond acceptors (Lipinski definition) is 5. The quantitative estimate of drug-likeness (QED) is 0.471. The van der Waals surface area contributed by atoms with Crippen molar-refractivity contribution in [3.63, 3.8) is 0 Å². The molecule has 1 aliphatic rings. The van der Waals surface area contributed by atoms with Crippen LogP contribution in [0.3, 0.4) is 0 Å². The number of amides is 1. The first-order valence-corrected chi connectivity index (χ1v) is 9.98. The van der Waals surface area contributed by atoms with E-state index < -0.39 is 0 Å². The standard InChI is InChI=1S/C21H22FN7O/c1-3-17(30)28-21(2)7-13(8-21)26-20-25-10-15-14(9-24-18(15)27-20)12-6-16(22)19-23-4-5-29(19)11-12/h4-6,9-11,13H,3,7-8H2,1-2H3,(H,28,30)(H2,24,25,26,27). The number of aromatic amines is 1. The number of imidazole rings is 1. The zero-order valence-electron chi connectivity index (χ0n) is 16.7. The van der Waals surface area contributed by atoms with Crippen LogP contribution in [0.25, 0.3) is 27.8 Å². The lowest BCUT2D eigenvalue weighted by Gasteiger charge is -2.45. The molecule has 30 heavy (non-hydrogen) atoms. The lowest BCUT2D eigenvalue weighted by atomic mass is 9.74. The molecule has 0 radical (unpaired) electrons. The van der Waals surface area contributed by atoms with Gasteiger partial charge in [0.25, 0.3) is 0 Å². The number of hydrogen-bond donors (Lipinski definition) is 3. The first kappa shape index (κ1) is 18.5. The second-order valence-electron chi connectivity index (χ2n) is 8.10. The fraction of sp³-hybridized carbons (Fsp3) is 0.333. The van der Waals surface area contributed by atoms with Crippen molar-refractivity contribution in [1.29, 1.82) is 0 Å². The first-order chi connectivity index (χ1) is 14.4. The van der Waals surface area contributed by atoms with E-state index in [4.69, 9.17) is 0 Å². The highest BCUT2D eigenvalue weighted by molar-refractivity contribution is 5.93. The van der Waals surface area contributed by atoms with Gasteiger partial charge in [-0.3, -0.25) is 4.79 Å². The summed E-state index contributed by atoms with van der Waals surface area (Å²) < 4.78 is 16.0. The van der Waals surface area contributed by atoms with Gasteiger partial charge in [-0.05, 0) is 25.8 Å². The van der Waals surface area contributed by atoms with Crippen molar-refractivity contribution < 1.29 is 9.18 Å². The molecule has 154 valence electrons. The minimum absolute atomic E-state index is 0.0675. The lowest BCUT2D eigenvalue weighted by molar-refractivity contribution is -0.123. The van der Waals surface area contributed by atoms with Crippen molar-refractivity contribution in [3.05, 3.63) is 42.9 Å².